The first kappa shape index (κ1) is 21.9. The van der Waals surface area contributed by atoms with Crippen LogP contribution in [0.3, 0.4) is 0 Å². The molecule has 2 N–H and O–H groups in total. The fourth-order valence-corrected chi connectivity index (χ4v) is 2.93. The van der Waals surface area contributed by atoms with Gasteiger partial charge in [0.2, 0.25) is 0 Å². The second-order valence-corrected chi connectivity index (χ2v) is 7.00. The van der Waals surface area contributed by atoms with Crippen molar-refractivity contribution in [1.82, 2.24) is 5.32 Å². The molecule has 0 aliphatic carbocycles. The van der Waals surface area contributed by atoms with Crippen molar-refractivity contribution in [3.8, 4) is 0 Å². The van der Waals surface area contributed by atoms with E-state index in [1.54, 1.807) is 0 Å². The number of aliphatic hydroxyl groups excluding tert-OH is 1. The van der Waals surface area contributed by atoms with Crippen LogP contribution in [0.15, 0.2) is 0 Å². The van der Waals surface area contributed by atoms with E-state index in [2.05, 4.69) is 12.2 Å². The quantitative estimate of drug-likeness (QED) is 0.312. The Hall–Kier alpha value is -0.0800. The van der Waals surface area contributed by atoms with E-state index in [-0.39, 0.29) is 6.10 Å². The van der Waals surface area contributed by atoms with E-state index >= 15 is 0 Å². The van der Waals surface area contributed by atoms with Crippen LogP contribution in [0.4, 0.5) is 0 Å². The van der Waals surface area contributed by atoms with Crippen LogP contribution in [0.2, 0.25) is 0 Å². The monoisotopic (exact) mass is 313 g/mol. The molecule has 2 nitrogen and oxygen atoms in total. The van der Waals surface area contributed by atoms with Crippen LogP contribution in [0.1, 0.15) is 110 Å². The molecule has 0 amide bonds. The van der Waals surface area contributed by atoms with Crippen LogP contribution in [0, 0.1) is 0 Å². The van der Waals surface area contributed by atoms with Crippen molar-refractivity contribution < 1.29 is 5.11 Å². The highest BCUT2D eigenvalue weighted by molar-refractivity contribution is 4.54. The molecule has 1 atom stereocenters. The zero-order chi connectivity index (χ0) is 16.3. The molecule has 1 unspecified atom stereocenters. The molecule has 0 saturated heterocycles. The molecule has 0 spiro atoms. The Morgan fingerprint density at radius 3 is 1.36 bits per heavy atom. The van der Waals surface area contributed by atoms with E-state index in [0.717, 1.165) is 13.1 Å². The molecule has 0 aromatic carbocycles. The SMILES string of the molecule is CCCCCCCCCCCCCCCCCNCC(C)O. The summed E-state index contributed by atoms with van der Waals surface area (Å²) in [5.74, 6) is 0. The molecule has 0 aliphatic heterocycles. The Labute approximate surface area is 140 Å². The summed E-state index contributed by atoms with van der Waals surface area (Å²) in [6.07, 6.45) is 21.0. The Bertz CT molecular complexity index is 194. The largest absolute Gasteiger partial charge is 0.392 e. The average molecular weight is 314 g/mol. The van der Waals surface area contributed by atoms with Crippen molar-refractivity contribution in [2.45, 2.75) is 116 Å². The molecule has 0 fully saturated rings. The summed E-state index contributed by atoms with van der Waals surface area (Å²) in [4.78, 5) is 0. The zero-order valence-corrected chi connectivity index (χ0v) is 15.5. The standard InChI is InChI=1S/C20H43NO/c1-3-4-5-6-7-8-9-10-11-12-13-14-15-16-17-18-21-19-20(2)22/h20-22H,3-19H2,1-2H3. The maximum atomic E-state index is 9.12. The molecule has 0 bridgehead atoms. The van der Waals surface area contributed by atoms with Gasteiger partial charge in [0.1, 0.15) is 0 Å². The van der Waals surface area contributed by atoms with Gasteiger partial charge < -0.3 is 10.4 Å². The normalized spacial score (nSPS) is 12.7. The molecule has 2 heteroatoms. The third-order valence-electron chi connectivity index (χ3n) is 4.40. The minimum Gasteiger partial charge on any atom is -0.392 e. The fourth-order valence-electron chi connectivity index (χ4n) is 2.93. The number of hydrogen-bond donors (Lipinski definition) is 2. The van der Waals surface area contributed by atoms with Gasteiger partial charge in [-0.1, -0.05) is 96.8 Å². The van der Waals surface area contributed by atoms with Gasteiger partial charge in [-0.15, -0.1) is 0 Å². The summed E-state index contributed by atoms with van der Waals surface area (Å²) in [5, 5.41) is 12.4. The number of rotatable bonds is 18. The summed E-state index contributed by atoms with van der Waals surface area (Å²) < 4.78 is 0. The molecular formula is C20H43NO. The van der Waals surface area contributed by atoms with E-state index in [1.807, 2.05) is 6.92 Å². The van der Waals surface area contributed by atoms with E-state index in [4.69, 9.17) is 5.11 Å². The first-order chi connectivity index (χ1) is 10.8. The van der Waals surface area contributed by atoms with E-state index in [1.165, 1.54) is 96.3 Å². The molecule has 0 aromatic rings. The van der Waals surface area contributed by atoms with Crippen LogP contribution in [0.5, 0.6) is 0 Å². The van der Waals surface area contributed by atoms with Crippen LogP contribution in [-0.4, -0.2) is 24.3 Å². The van der Waals surface area contributed by atoms with E-state index in [0.29, 0.717) is 0 Å². The third-order valence-corrected chi connectivity index (χ3v) is 4.40. The Balaban J connectivity index is 2.94. The summed E-state index contributed by atoms with van der Waals surface area (Å²) in [5.41, 5.74) is 0. The lowest BCUT2D eigenvalue weighted by atomic mass is 10.0. The van der Waals surface area contributed by atoms with Gasteiger partial charge in [-0.2, -0.15) is 0 Å². The van der Waals surface area contributed by atoms with Gasteiger partial charge in [-0.25, -0.2) is 0 Å². The van der Waals surface area contributed by atoms with E-state index in [9.17, 15) is 0 Å². The minimum atomic E-state index is -0.212. The van der Waals surface area contributed by atoms with Gasteiger partial charge >= 0.3 is 0 Å². The lowest BCUT2D eigenvalue weighted by molar-refractivity contribution is 0.191. The molecule has 134 valence electrons. The summed E-state index contributed by atoms with van der Waals surface area (Å²) in [6.45, 7) is 5.91. The van der Waals surface area contributed by atoms with Crippen LogP contribution in [-0.2, 0) is 0 Å². The number of unbranched alkanes of at least 4 members (excludes halogenated alkanes) is 14. The molecule has 0 saturated carbocycles. The minimum absolute atomic E-state index is 0.212. The van der Waals surface area contributed by atoms with Gasteiger partial charge in [-0.3, -0.25) is 0 Å². The van der Waals surface area contributed by atoms with Gasteiger partial charge in [0.15, 0.2) is 0 Å². The highest BCUT2D eigenvalue weighted by atomic mass is 16.3. The van der Waals surface area contributed by atoms with Crippen molar-refractivity contribution in [3.05, 3.63) is 0 Å². The molecule has 0 aliphatic rings. The smallest absolute Gasteiger partial charge is 0.0636 e. The molecule has 0 aromatic heterocycles. The predicted molar refractivity (Wildman–Crippen MR) is 99.5 cm³/mol. The Morgan fingerprint density at radius 1 is 0.636 bits per heavy atom. The van der Waals surface area contributed by atoms with Gasteiger partial charge in [0, 0.05) is 6.54 Å². The highest BCUT2D eigenvalue weighted by Crippen LogP contribution is 2.13. The first-order valence-electron chi connectivity index (χ1n) is 10.2. The molecule has 0 radical (unpaired) electrons. The molecule has 22 heavy (non-hydrogen) atoms. The first-order valence-corrected chi connectivity index (χ1v) is 10.2. The second kappa shape index (κ2) is 19.0. The summed E-state index contributed by atoms with van der Waals surface area (Å²) in [6, 6.07) is 0. The van der Waals surface area contributed by atoms with Crippen LogP contribution < -0.4 is 5.32 Å². The summed E-state index contributed by atoms with van der Waals surface area (Å²) >= 11 is 0. The molecule has 0 rings (SSSR count). The zero-order valence-electron chi connectivity index (χ0n) is 15.5. The van der Waals surface area contributed by atoms with Crippen molar-refractivity contribution in [1.29, 1.82) is 0 Å². The van der Waals surface area contributed by atoms with Crippen molar-refractivity contribution in [2.75, 3.05) is 13.1 Å². The fraction of sp³-hybridized carbons (Fsp3) is 1.00. The van der Waals surface area contributed by atoms with Gasteiger partial charge in [-0.05, 0) is 19.9 Å². The van der Waals surface area contributed by atoms with Gasteiger partial charge in [0.25, 0.3) is 0 Å². The maximum absolute atomic E-state index is 9.12. The van der Waals surface area contributed by atoms with Crippen molar-refractivity contribution >= 4 is 0 Å². The Kier molecular flexibility index (Phi) is 18.9. The predicted octanol–water partition coefficient (Wildman–Crippen LogP) is 5.83. The molecular weight excluding hydrogens is 270 g/mol. The highest BCUT2D eigenvalue weighted by Gasteiger charge is 1.95. The van der Waals surface area contributed by atoms with Crippen molar-refractivity contribution in [2.24, 2.45) is 0 Å². The second-order valence-electron chi connectivity index (χ2n) is 7.00. The number of hydrogen-bond acceptors (Lipinski definition) is 2. The number of aliphatic hydroxyl groups is 1. The third kappa shape index (κ3) is 19.9. The summed E-state index contributed by atoms with van der Waals surface area (Å²) in [7, 11) is 0. The molecule has 0 heterocycles. The topological polar surface area (TPSA) is 32.3 Å². The maximum Gasteiger partial charge on any atom is 0.0636 e. The average Bonchev–Trinajstić information content (AvgIpc) is 2.50. The van der Waals surface area contributed by atoms with Crippen LogP contribution >= 0.6 is 0 Å². The lowest BCUT2D eigenvalue weighted by Gasteiger charge is -2.06. The van der Waals surface area contributed by atoms with Gasteiger partial charge in [0.05, 0.1) is 6.10 Å². The van der Waals surface area contributed by atoms with Crippen molar-refractivity contribution in [3.63, 3.8) is 0 Å². The van der Waals surface area contributed by atoms with Crippen LogP contribution in [0.25, 0.3) is 0 Å². The number of nitrogens with one attached hydrogen (secondary N) is 1. The lowest BCUT2D eigenvalue weighted by Crippen LogP contribution is -2.25. The van der Waals surface area contributed by atoms with E-state index < -0.39 is 0 Å². The Morgan fingerprint density at radius 2 is 1.00 bits per heavy atom.